The summed E-state index contributed by atoms with van der Waals surface area (Å²) < 4.78 is 20.1. The van der Waals surface area contributed by atoms with Crippen LogP contribution in [0.25, 0.3) is 0 Å². The van der Waals surface area contributed by atoms with E-state index in [2.05, 4.69) is 10.1 Å². The molecule has 0 amide bonds. The minimum atomic E-state index is -0.400. The molecule has 0 heterocycles. The first-order valence-corrected chi connectivity index (χ1v) is 6.78. The number of hydrogen-bond donors (Lipinski definition) is 1. The summed E-state index contributed by atoms with van der Waals surface area (Å²) in [6.45, 7) is 4.41. The van der Waals surface area contributed by atoms with Crippen molar-refractivity contribution >= 4 is 11.7 Å². The number of carbonyl (C=O) groups excluding carboxylic acids is 1. The van der Waals surface area contributed by atoms with Crippen LogP contribution < -0.4 is 10.1 Å². The van der Waals surface area contributed by atoms with Crippen molar-refractivity contribution in [2.75, 3.05) is 52.5 Å². The third kappa shape index (κ3) is 6.97. The quantitative estimate of drug-likeness (QED) is 0.523. The van der Waals surface area contributed by atoms with Crippen molar-refractivity contribution in [3.8, 4) is 5.75 Å². The first-order chi connectivity index (χ1) is 10.2. The van der Waals surface area contributed by atoms with Crippen LogP contribution in [0.5, 0.6) is 5.75 Å². The molecule has 1 aromatic rings. The van der Waals surface area contributed by atoms with Gasteiger partial charge in [-0.3, -0.25) is 0 Å². The third-order valence-corrected chi connectivity index (χ3v) is 2.78. The molecule has 0 radical (unpaired) electrons. The lowest BCUT2D eigenvalue weighted by Crippen LogP contribution is -2.13. The van der Waals surface area contributed by atoms with Gasteiger partial charge >= 0.3 is 5.97 Å². The molecule has 0 spiro atoms. The number of hydrogen-bond acceptors (Lipinski definition) is 6. The molecule has 0 saturated heterocycles. The number of aryl methyl sites for hydroxylation is 1. The zero-order chi connectivity index (χ0) is 15.5. The van der Waals surface area contributed by atoms with Crippen LogP contribution in [0.3, 0.4) is 0 Å². The molecule has 0 aliphatic heterocycles. The Labute approximate surface area is 125 Å². The molecule has 1 rings (SSSR count). The maximum absolute atomic E-state index is 11.0. The molecule has 21 heavy (non-hydrogen) atoms. The number of benzene rings is 1. The van der Waals surface area contributed by atoms with Gasteiger partial charge in [-0.25, -0.2) is 4.79 Å². The fourth-order valence-electron chi connectivity index (χ4n) is 1.63. The highest BCUT2D eigenvalue weighted by molar-refractivity contribution is 5.71. The fraction of sp³-hybridized carbons (Fsp3) is 0.533. The van der Waals surface area contributed by atoms with Crippen molar-refractivity contribution in [1.29, 1.82) is 0 Å². The Morgan fingerprint density at radius 2 is 2.00 bits per heavy atom. The number of nitrogens with one attached hydrogen (secondary N) is 1. The van der Waals surface area contributed by atoms with Gasteiger partial charge < -0.3 is 24.3 Å². The van der Waals surface area contributed by atoms with Gasteiger partial charge in [-0.05, 0) is 30.7 Å². The molecule has 1 N–H and O–H groups in total. The average molecular weight is 297 g/mol. The maximum Gasteiger partial charge on any atom is 0.343 e. The van der Waals surface area contributed by atoms with E-state index in [0.29, 0.717) is 32.1 Å². The van der Waals surface area contributed by atoms with Crippen molar-refractivity contribution in [3.63, 3.8) is 0 Å². The molecular formula is C15H23NO5. The molecular weight excluding hydrogens is 274 g/mol. The Hall–Kier alpha value is -1.79. The van der Waals surface area contributed by atoms with E-state index in [1.807, 2.05) is 25.1 Å². The van der Waals surface area contributed by atoms with Gasteiger partial charge in [0.05, 0.1) is 26.9 Å². The molecule has 0 aliphatic rings. The van der Waals surface area contributed by atoms with Crippen molar-refractivity contribution in [2.45, 2.75) is 6.92 Å². The van der Waals surface area contributed by atoms with Gasteiger partial charge in [-0.1, -0.05) is 0 Å². The second-order valence-electron chi connectivity index (χ2n) is 4.37. The standard InChI is InChI=1S/C15H23NO5/c1-12-10-13(21-11-15(17)19-3)4-5-14(12)16-6-7-20-9-8-18-2/h4-5,10,16H,6-9,11H2,1-3H3. The predicted octanol–water partition coefficient (Wildman–Crippen LogP) is 1.62. The first-order valence-electron chi connectivity index (χ1n) is 6.78. The summed E-state index contributed by atoms with van der Waals surface area (Å²) in [4.78, 5) is 11.0. The molecule has 118 valence electrons. The van der Waals surface area contributed by atoms with E-state index in [1.54, 1.807) is 7.11 Å². The first kappa shape index (κ1) is 17.3. The van der Waals surface area contributed by atoms with E-state index >= 15 is 0 Å². The van der Waals surface area contributed by atoms with Crippen LogP contribution in [0.15, 0.2) is 18.2 Å². The van der Waals surface area contributed by atoms with Crippen LogP contribution in [0.1, 0.15) is 5.56 Å². The smallest absolute Gasteiger partial charge is 0.343 e. The van der Waals surface area contributed by atoms with Crippen molar-refractivity contribution in [1.82, 2.24) is 0 Å². The predicted molar refractivity (Wildman–Crippen MR) is 79.9 cm³/mol. The number of ether oxygens (including phenoxy) is 4. The van der Waals surface area contributed by atoms with E-state index < -0.39 is 5.97 Å². The second kappa shape index (κ2) is 10.0. The lowest BCUT2D eigenvalue weighted by molar-refractivity contribution is -0.142. The van der Waals surface area contributed by atoms with Gasteiger partial charge in [0.25, 0.3) is 0 Å². The normalized spacial score (nSPS) is 10.2. The van der Waals surface area contributed by atoms with E-state index in [-0.39, 0.29) is 6.61 Å². The molecule has 6 nitrogen and oxygen atoms in total. The minimum Gasteiger partial charge on any atom is -0.482 e. The molecule has 0 fully saturated rings. The second-order valence-corrected chi connectivity index (χ2v) is 4.37. The SMILES string of the molecule is COCCOCCNc1ccc(OCC(=O)OC)cc1C. The molecule has 1 aromatic carbocycles. The van der Waals surface area contributed by atoms with Crippen LogP contribution in [0, 0.1) is 6.92 Å². The summed E-state index contributed by atoms with van der Waals surface area (Å²) in [5.74, 6) is 0.239. The van der Waals surface area contributed by atoms with Gasteiger partial charge in [0.1, 0.15) is 5.75 Å². The molecule has 0 aromatic heterocycles. The van der Waals surface area contributed by atoms with E-state index in [4.69, 9.17) is 14.2 Å². The van der Waals surface area contributed by atoms with Gasteiger partial charge in [-0.15, -0.1) is 0 Å². The van der Waals surface area contributed by atoms with E-state index in [9.17, 15) is 4.79 Å². The zero-order valence-corrected chi connectivity index (χ0v) is 12.8. The Morgan fingerprint density at radius 3 is 2.67 bits per heavy atom. The monoisotopic (exact) mass is 297 g/mol. The van der Waals surface area contributed by atoms with Crippen LogP contribution >= 0.6 is 0 Å². The highest BCUT2D eigenvalue weighted by atomic mass is 16.6. The number of carbonyl (C=O) groups is 1. The van der Waals surface area contributed by atoms with Gasteiger partial charge in [-0.2, -0.15) is 0 Å². The van der Waals surface area contributed by atoms with Crippen LogP contribution in [-0.4, -0.2) is 53.2 Å². The zero-order valence-electron chi connectivity index (χ0n) is 12.8. The Balaban J connectivity index is 2.34. The summed E-state index contributed by atoms with van der Waals surface area (Å²) in [5, 5.41) is 3.28. The molecule has 0 atom stereocenters. The van der Waals surface area contributed by atoms with Crippen molar-refractivity contribution in [3.05, 3.63) is 23.8 Å². The van der Waals surface area contributed by atoms with Crippen LogP contribution in [-0.2, 0) is 19.0 Å². The van der Waals surface area contributed by atoms with Gasteiger partial charge in [0.15, 0.2) is 6.61 Å². The fourth-order valence-corrected chi connectivity index (χ4v) is 1.63. The largest absolute Gasteiger partial charge is 0.482 e. The average Bonchev–Trinajstić information content (AvgIpc) is 2.49. The highest BCUT2D eigenvalue weighted by Gasteiger charge is 2.04. The minimum absolute atomic E-state index is 0.0872. The number of methoxy groups -OCH3 is 2. The molecule has 0 aliphatic carbocycles. The topological polar surface area (TPSA) is 66.0 Å². The van der Waals surface area contributed by atoms with Crippen molar-refractivity contribution in [2.24, 2.45) is 0 Å². The van der Waals surface area contributed by atoms with E-state index in [1.165, 1.54) is 7.11 Å². The number of esters is 1. The molecule has 0 bridgehead atoms. The van der Waals surface area contributed by atoms with Crippen LogP contribution in [0.2, 0.25) is 0 Å². The number of anilines is 1. The van der Waals surface area contributed by atoms with Crippen molar-refractivity contribution < 1.29 is 23.7 Å². The summed E-state index contributed by atoms with van der Waals surface area (Å²) >= 11 is 0. The summed E-state index contributed by atoms with van der Waals surface area (Å²) in [6, 6.07) is 5.60. The van der Waals surface area contributed by atoms with Gasteiger partial charge in [0.2, 0.25) is 0 Å². The third-order valence-electron chi connectivity index (χ3n) is 2.78. The van der Waals surface area contributed by atoms with Crippen LogP contribution in [0.4, 0.5) is 5.69 Å². The highest BCUT2D eigenvalue weighted by Crippen LogP contribution is 2.21. The summed E-state index contributed by atoms with van der Waals surface area (Å²) in [6.07, 6.45) is 0. The van der Waals surface area contributed by atoms with Gasteiger partial charge in [0, 0.05) is 19.3 Å². The summed E-state index contributed by atoms with van der Waals surface area (Å²) in [5.41, 5.74) is 2.05. The van der Waals surface area contributed by atoms with E-state index in [0.717, 1.165) is 11.3 Å². The Morgan fingerprint density at radius 1 is 1.19 bits per heavy atom. The Kier molecular flexibility index (Phi) is 8.23. The molecule has 6 heteroatoms. The Bertz CT molecular complexity index is 436. The maximum atomic E-state index is 11.0. The molecule has 0 saturated carbocycles. The molecule has 0 unspecified atom stereocenters. The summed E-state index contributed by atoms with van der Waals surface area (Å²) in [7, 11) is 2.98. The lowest BCUT2D eigenvalue weighted by atomic mass is 10.2. The lowest BCUT2D eigenvalue weighted by Gasteiger charge is -2.12. The number of rotatable bonds is 10.